The summed E-state index contributed by atoms with van der Waals surface area (Å²) < 4.78 is 0. The van der Waals surface area contributed by atoms with Crippen molar-refractivity contribution in [2.45, 2.75) is 6.42 Å². The van der Waals surface area contributed by atoms with E-state index in [9.17, 15) is 0 Å². The molecule has 13 heavy (non-hydrogen) atoms. The van der Waals surface area contributed by atoms with Gasteiger partial charge in [0.2, 0.25) is 0 Å². The lowest BCUT2D eigenvalue weighted by atomic mass is 10.2. The molecule has 1 aromatic carbocycles. The summed E-state index contributed by atoms with van der Waals surface area (Å²) in [7, 11) is 0. The molecule has 1 fully saturated rings. The lowest BCUT2D eigenvalue weighted by molar-refractivity contribution is 0.168. The van der Waals surface area contributed by atoms with Gasteiger partial charge in [-0.1, -0.05) is 11.6 Å². The Morgan fingerprint density at radius 2 is 2.31 bits per heavy atom. The first-order valence-electron chi connectivity index (χ1n) is 4.23. The first-order chi connectivity index (χ1) is 6.27. The maximum atomic E-state index is 5.86. The quantitative estimate of drug-likeness (QED) is 0.703. The molecule has 3 nitrogen and oxygen atoms in total. The van der Waals surface area contributed by atoms with Gasteiger partial charge in [-0.25, -0.2) is 0 Å². The molecule has 1 aliphatic heterocycles. The van der Waals surface area contributed by atoms with Gasteiger partial charge in [0.1, 0.15) is 0 Å². The van der Waals surface area contributed by atoms with Crippen molar-refractivity contribution < 1.29 is 4.84 Å². The maximum Gasteiger partial charge on any atom is 0.0880 e. The van der Waals surface area contributed by atoms with Crippen LogP contribution in [0.15, 0.2) is 18.2 Å². The number of nitrogens with zero attached hydrogens (tertiary/aromatic N) is 1. The molecular formula is C9H11ClN2O. The van der Waals surface area contributed by atoms with Crippen LogP contribution in [0.2, 0.25) is 5.02 Å². The highest BCUT2D eigenvalue weighted by Crippen LogP contribution is 2.28. The van der Waals surface area contributed by atoms with E-state index in [-0.39, 0.29) is 0 Å². The summed E-state index contributed by atoms with van der Waals surface area (Å²) in [6.45, 7) is 1.64. The number of halogens is 1. The number of benzene rings is 1. The largest absolute Gasteiger partial charge is 0.397 e. The Balaban J connectivity index is 2.32. The normalized spacial score (nSPS) is 16.5. The smallest absolute Gasteiger partial charge is 0.0880 e. The molecular weight excluding hydrogens is 188 g/mol. The number of hydroxylamine groups is 1. The molecule has 0 aromatic heterocycles. The summed E-state index contributed by atoms with van der Waals surface area (Å²) in [5.74, 6) is 0. The number of nitrogens with two attached hydrogens (primary N) is 1. The molecule has 1 saturated heterocycles. The van der Waals surface area contributed by atoms with E-state index in [4.69, 9.17) is 22.2 Å². The fourth-order valence-electron chi connectivity index (χ4n) is 1.37. The molecule has 1 heterocycles. The summed E-state index contributed by atoms with van der Waals surface area (Å²) in [5.41, 5.74) is 7.35. The molecule has 2 N–H and O–H groups in total. The molecule has 0 bridgehead atoms. The summed E-state index contributed by atoms with van der Waals surface area (Å²) in [4.78, 5) is 5.37. The van der Waals surface area contributed by atoms with Crippen molar-refractivity contribution in [1.29, 1.82) is 0 Å². The lowest BCUT2D eigenvalue weighted by Gasteiger charge is -2.18. The van der Waals surface area contributed by atoms with E-state index in [0.29, 0.717) is 10.7 Å². The lowest BCUT2D eigenvalue weighted by Crippen LogP contribution is -2.17. The van der Waals surface area contributed by atoms with E-state index in [0.717, 1.165) is 25.3 Å². The van der Waals surface area contributed by atoms with Gasteiger partial charge in [0.05, 0.1) is 18.0 Å². The van der Waals surface area contributed by atoms with Crippen LogP contribution in [0.3, 0.4) is 0 Å². The molecule has 0 aliphatic carbocycles. The van der Waals surface area contributed by atoms with Gasteiger partial charge in [0, 0.05) is 11.6 Å². The van der Waals surface area contributed by atoms with Gasteiger partial charge >= 0.3 is 0 Å². The Morgan fingerprint density at radius 1 is 1.46 bits per heavy atom. The summed E-state index contributed by atoms with van der Waals surface area (Å²) in [6, 6.07) is 5.39. The molecule has 70 valence electrons. The van der Waals surface area contributed by atoms with Crippen LogP contribution in [-0.2, 0) is 4.84 Å². The Hall–Kier alpha value is -0.930. The van der Waals surface area contributed by atoms with Crippen molar-refractivity contribution in [3.63, 3.8) is 0 Å². The van der Waals surface area contributed by atoms with Crippen molar-refractivity contribution in [3.8, 4) is 0 Å². The van der Waals surface area contributed by atoms with E-state index >= 15 is 0 Å². The molecule has 0 spiro atoms. The van der Waals surface area contributed by atoms with Gasteiger partial charge in [-0.15, -0.1) is 0 Å². The zero-order chi connectivity index (χ0) is 9.26. The third-order valence-electron chi connectivity index (χ3n) is 2.01. The van der Waals surface area contributed by atoms with Crippen LogP contribution in [0, 0.1) is 0 Å². The highest BCUT2D eigenvalue weighted by atomic mass is 35.5. The van der Waals surface area contributed by atoms with E-state index in [1.807, 2.05) is 6.07 Å². The van der Waals surface area contributed by atoms with Gasteiger partial charge in [0.25, 0.3) is 0 Å². The minimum atomic E-state index is 0.680. The molecule has 4 heteroatoms. The highest BCUT2D eigenvalue weighted by molar-refractivity contribution is 6.31. The van der Waals surface area contributed by atoms with Crippen LogP contribution >= 0.6 is 11.6 Å². The van der Waals surface area contributed by atoms with E-state index < -0.39 is 0 Å². The molecule has 0 radical (unpaired) electrons. The van der Waals surface area contributed by atoms with E-state index in [2.05, 4.69) is 0 Å². The Labute approximate surface area is 82.0 Å². The van der Waals surface area contributed by atoms with Crippen LogP contribution in [0.4, 0.5) is 11.4 Å². The monoisotopic (exact) mass is 198 g/mol. The highest BCUT2D eigenvalue weighted by Gasteiger charge is 2.15. The Bertz CT molecular complexity index is 310. The Morgan fingerprint density at radius 3 is 3.00 bits per heavy atom. The molecule has 0 unspecified atom stereocenters. The maximum absolute atomic E-state index is 5.86. The van der Waals surface area contributed by atoms with Crippen molar-refractivity contribution in [1.82, 2.24) is 0 Å². The first-order valence-corrected chi connectivity index (χ1v) is 4.60. The van der Waals surface area contributed by atoms with Crippen molar-refractivity contribution >= 4 is 23.0 Å². The SMILES string of the molecule is Nc1ccc(Cl)cc1N1CCCO1. The average Bonchev–Trinajstić information content (AvgIpc) is 2.61. The number of anilines is 2. The third-order valence-corrected chi connectivity index (χ3v) is 2.25. The van der Waals surface area contributed by atoms with Crippen LogP contribution < -0.4 is 10.8 Å². The summed E-state index contributed by atoms with van der Waals surface area (Å²) in [5, 5.41) is 2.47. The predicted octanol–water partition coefficient (Wildman–Crippen LogP) is 2.06. The number of hydrogen-bond acceptors (Lipinski definition) is 3. The zero-order valence-corrected chi connectivity index (χ0v) is 7.92. The molecule has 0 atom stereocenters. The fraction of sp³-hybridized carbons (Fsp3) is 0.333. The topological polar surface area (TPSA) is 38.5 Å². The second-order valence-corrected chi connectivity index (χ2v) is 3.43. The fourth-order valence-corrected chi connectivity index (χ4v) is 1.54. The minimum Gasteiger partial charge on any atom is -0.397 e. The van der Waals surface area contributed by atoms with E-state index in [1.165, 1.54) is 0 Å². The summed E-state index contributed by atoms with van der Waals surface area (Å²) in [6.07, 6.45) is 1.03. The van der Waals surface area contributed by atoms with Crippen molar-refractivity contribution in [2.75, 3.05) is 23.9 Å². The molecule has 2 rings (SSSR count). The molecule has 0 saturated carbocycles. The second-order valence-electron chi connectivity index (χ2n) is 2.99. The Kier molecular flexibility index (Phi) is 2.29. The van der Waals surface area contributed by atoms with Crippen molar-refractivity contribution in [2.24, 2.45) is 0 Å². The number of nitrogen functional groups attached to an aromatic ring is 1. The van der Waals surface area contributed by atoms with E-state index in [1.54, 1.807) is 17.2 Å². The van der Waals surface area contributed by atoms with Crippen LogP contribution in [0.25, 0.3) is 0 Å². The van der Waals surface area contributed by atoms with Crippen LogP contribution in [-0.4, -0.2) is 13.2 Å². The minimum absolute atomic E-state index is 0.680. The van der Waals surface area contributed by atoms with Gasteiger partial charge in [0.15, 0.2) is 0 Å². The first kappa shape index (κ1) is 8.66. The standard InChI is InChI=1S/C9H11ClN2O/c10-7-2-3-8(11)9(6-7)12-4-1-5-13-12/h2-3,6H,1,4-5,11H2. The predicted molar refractivity (Wildman–Crippen MR) is 53.8 cm³/mol. The van der Waals surface area contributed by atoms with Gasteiger partial charge in [-0.05, 0) is 24.6 Å². The molecule has 1 aliphatic rings. The van der Waals surface area contributed by atoms with Crippen LogP contribution in [0.5, 0.6) is 0 Å². The van der Waals surface area contributed by atoms with Crippen LogP contribution in [0.1, 0.15) is 6.42 Å². The molecule has 1 aromatic rings. The van der Waals surface area contributed by atoms with Gasteiger partial charge in [-0.3, -0.25) is 9.90 Å². The van der Waals surface area contributed by atoms with Gasteiger partial charge < -0.3 is 5.73 Å². The third kappa shape index (κ3) is 1.71. The molecule has 0 amide bonds. The number of rotatable bonds is 1. The number of hydrogen-bond donors (Lipinski definition) is 1. The van der Waals surface area contributed by atoms with Crippen molar-refractivity contribution in [3.05, 3.63) is 23.2 Å². The zero-order valence-electron chi connectivity index (χ0n) is 7.16. The average molecular weight is 199 g/mol. The second kappa shape index (κ2) is 3.44. The van der Waals surface area contributed by atoms with Gasteiger partial charge in [-0.2, -0.15) is 0 Å². The summed E-state index contributed by atoms with van der Waals surface area (Å²) >= 11 is 5.86.